The molecule has 0 saturated carbocycles. The highest BCUT2D eigenvalue weighted by atomic mass is 19.4. The Balaban J connectivity index is 1.85. The second-order valence-corrected chi connectivity index (χ2v) is 11.0. The molecule has 53 heavy (non-hydrogen) atoms. The van der Waals surface area contributed by atoms with Gasteiger partial charge in [0.1, 0.15) is 31.7 Å². The first kappa shape index (κ1) is 45.7. The number of hydrogen-bond acceptors (Lipinski definition) is 7. The second kappa shape index (κ2) is 17.8. The number of nitrogens with zero attached hydrogens (tertiary/aromatic N) is 2. The highest BCUT2D eigenvalue weighted by Gasteiger charge is 2.85. The van der Waals surface area contributed by atoms with Gasteiger partial charge in [0.2, 0.25) is 0 Å². The fourth-order valence-corrected chi connectivity index (χ4v) is 3.76. The van der Waals surface area contributed by atoms with E-state index in [4.69, 9.17) is 9.47 Å². The van der Waals surface area contributed by atoms with Gasteiger partial charge < -0.3 is 14.2 Å². The molecule has 0 bridgehead atoms. The van der Waals surface area contributed by atoms with Crippen LogP contribution in [-0.4, -0.2) is 91.2 Å². The molecule has 0 radical (unpaired) electrons. The Morgan fingerprint density at radius 2 is 1.11 bits per heavy atom. The van der Waals surface area contributed by atoms with Gasteiger partial charge in [-0.25, -0.2) is 28.2 Å². The van der Waals surface area contributed by atoms with E-state index in [0.29, 0.717) is 12.0 Å². The molecule has 0 N–H and O–H groups in total. The molecule has 0 saturated heterocycles. The Bertz CT molecular complexity index is 1400. The Labute approximate surface area is 288 Å². The van der Waals surface area contributed by atoms with Crippen molar-refractivity contribution in [2.24, 2.45) is 0 Å². The zero-order valence-electron chi connectivity index (χ0n) is 26.8. The molecule has 2 aromatic rings. The summed E-state index contributed by atoms with van der Waals surface area (Å²) < 4.78 is 242. The first-order valence-corrected chi connectivity index (χ1v) is 15.0. The Kier molecular flexibility index (Phi) is 15.4. The van der Waals surface area contributed by atoms with E-state index in [2.05, 4.69) is 19.4 Å². The van der Waals surface area contributed by atoms with E-state index in [9.17, 15) is 74.6 Å². The van der Waals surface area contributed by atoms with E-state index in [1.165, 1.54) is 41.4 Å². The van der Waals surface area contributed by atoms with Crippen molar-refractivity contribution < 1.29 is 98.3 Å². The number of alkyl halides is 17. The number of benzene rings is 1. The van der Waals surface area contributed by atoms with Crippen molar-refractivity contribution in [3.05, 3.63) is 36.7 Å². The molecule has 0 unspecified atom stereocenters. The van der Waals surface area contributed by atoms with Gasteiger partial charge in [0.15, 0.2) is 17.7 Å². The van der Waals surface area contributed by atoms with Gasteiger partial charge in [0.25, 0.3) is 0 Å². The molecule has 1 aromatic carbocycles. The highest BCUT2D eigenvalue weighted by Crippen LogP contribution is 2.56. The minimum Gasteiger partial charge on any atom is -0.490 e. The maximum absolute atomic E-state index is 14.1. The van der Waals surface area contributed by atoms with Crippen LogP contribution in [-0.2, 0) is 14.2 Å². The van der Waals surface area contributed by atoms with Gasteiger partial charge in [-0.1, -0.05) is 32.6 Å². The zero-order chi connectivity index (χ0) is 40.5. The largest absolute Gasteiger partial charge is 0.490 e. The van der Waals surface area contributed by atoms with Crippen molar-refractivity contribution in [2.45, 2.75) is 93.8 Å². The smallest absolute Gasteiger partial charge is 0.460 e. The van der Waals surface area contributed by atoms with Gasteiger partial charge in [-0.05, 0) is 30.7 Å². The Hall–Kier alpha value is -3.41. The van der Waals surface area contributed by atoms with Crippen molar-refractivity contribution in [3.63, 3.8) is 0 Å². The predicted molar refractivity (Wildman–Crippen MR) is 146 cm³/mol. The second-order valence-electron chi connectivity index (χ2n) is 11.0. The third-order valence-corrected chi connectivity index (χ3v) is 6.53. The molecule has 7 nitrogen and oxygen atoms in total. The summed E-state index contributed by atoms with van der Waals surface area (Å²) >= 11 is 0. The van der Waals surface area contributed by atoms with Gasteiger partial charge in [-0.15, -0.1) is 0 Å². The highest BCUT2D eigenvalue weighted by molar-refractivity contribution is 5.56. The van der Waals surface area contributed by atoms with Gasteiger partial charge in [0, 0.05) is 5.56 Å². The molecule has 0 fully saturated rings. The summed E-state index contributed by atoms with van der Waals surface area (Å²) in [5.41, 5.74) is 0.412. The quantitative estimate of drug-likeness (QED) is 0.0818. The van der Waals surface area contributed by atoms with Gasteiger partial charge >= 0.3 is 42.5 Å². The molecule has 0 aliphatic carbocycles. The lowest BCUT2D eigenvalue weighted by Gasteiger charge is -2.36. The molecule has 1 aromatic heterocycles. The van der Waals surface area contributed by atoms with Crippen LogP contribution in [0.1, 0.15) is 39.0 Å². The van der Waals surface area contributed by atoms with Crippen LogP contribution in [0.2, 0.25) is 0 Å². The molecule has 2 atom stereocenters. The topological polar surface area (TPSA) is 71.9 Å². The molecule has 304 valence electrons. The van der Waals surface area contributed by atoms with E-state index < -0.39 is 74.6 Å². The maximum atomic E-state index is 14.1. The normalized spacial score (nSPS) is 15.0. The number of hydrogen-bond donors (Lipinski definition) is 0. The lowest BCUT2D eigenvalue weighted by molar-refractivity contribution is -0.543. The van der Waals surface area contributed by atoms with E-state index in [1.807, 2.05) is 6.92 Å². The summed E-state index contributed by atoms with van der Waals surface area (Å²) in [5, 5.41) is 0. The third-order valence-electron chi connectivity index (χ3n) is 6.53. The summed E-state index contributed by atoms with van der Waals surface area (Å²) in [6.45, 7) is -3.12. The number of aromatic nitrogens is 2. The van der Waals surface area contributed by atoms with E-state index in [0.717, 1.165) is 25.7 Å². The fourth-order valence-electron chi connectivity index (χ4n) is 3.76. The number of unbranched alkanes of at least 4 members (excludes halogenated alkanes) is 3. The SMILES string of the molecule is CCCCCC[C@H](F)COc1cnc(-c2ccc(OC[C@H](F)COCC(F)(F)OC(F)(F)C(F)(F)OC(F)(F)C(F)(F)C(F)(F)C(F)(F)F)cc2)nc1. The van der Waals surface area contributed by atoms with Crippen LogP contribution >= 0.6 is 0 Å². The average Bonchev–Trinajstić information content (AvgIpc) is 3.03. The molecule has 2 rings (SSSR count). The lowest BCUT2D eigenvalue weighted by Crippen LogP contribution is -2.64. The van der Waals surface area contributed by atoms with Crippen molar-refractivity contribution in [3.8, 4) is 22.9 Å². The molecule has 1 heterocycles. The molecular formula is C29H29F17N2O5. The summed E-state index contributed by atoms with van der Waals surface area (Å²) in [4.78, 5) is 8.15. The zero-order valence-corrected chi connectivity index (χ0v) is 26.8. The van der Waals surface area contributed by atoms with Gasteiger partial charge in [-0.2, -0.15) is 65.9 Å². The van der Waals surface area contributed by atoms with Crippen molar-refractivity contribution >= 4 is 0 Å². The lowest BCUT2D eigenvalue weighted by atomic mass is 10.1. The van der Waals surface area contributed by atoms with E-state index >= 15 is 0 Å². The van der Waals surface area contributed by atoms with Crippen molar-refractivity contribution in [2.75, 3.05) is 26.4 Å². The standard InChI is InChI=1S/C29H29F17N2O5/c1-2-3-4-5-6-18(30)14-51-21-11-47-22(48-12-21)17-7-9-20(10-8-17)50-15-19(31)13-49-16-23(32,33)52-28(43,44)29(45,46)53-27(41,42)25(36,37)24(34,35)26(38,39)40/h7-12,18-19H,2-6,13-16H2,1H3/t18-,19+/m0/s1. The molecule has 0 spiro atoms. The van der Waals surface area contributed by atoms with E-state index in [1.54, 1.807) is 0 Å². The van der Waals surface area contributed by atoms with Gasteiger partial charge in [0.05, 0.1) is 19.0 Å². The number of halogens is 17. The first-order valence-electron chi connectivity index (χ1n) is 15.0. The van der Waals surface area contributed by atoms with Crippen LogP contribution < -0.4 is 9.47 Å². The van der Waals surface area contributed by atoms with E-state index in [-0.39, 0.29) is 23.9 Å². The van der Waals surface area contributed by atoms with Crippen LogP contribution in [0, 0.1) is 0 Å². The molecular weight excluding hydrogens is 779 g/mol. The van der Waals surface area contributed by atoms with Crippen LogP contribution in [0.15, 0.2) is 36.7 Å². The molecule has 24 heteroatoms. The van der Waals surface area contributed by atoms with Crippen molar-refractivity contribution in [1.29, 1.82) is 0 Å². The Morgan fingerprint density at radius 1 is 0.585 bits per heavy atom. The monoisotopic (exact) mass is 808 g/mol. The number of rotatable bonds is 23. The minimum absolute atomic E-state index is 0.0322. The maximum Gasteiger partial charge on any atom is 0.460 e. The molecule has 0 aliphatic heterocycles. The van der Waals surface area contributed by atoms with Crippen LogP contribution in [0.4, 0.5) is 74.6 Å². The van der Waals surface area contributed by atoms with Crippen LogP contribution in [0.25, 0.3) is 11.4 Å². The van der Waals surface area contributed by atoms with Gasteiger partial charge in [-0.3, -0.25) is 0 Å². The number of ether oxygens (including phenoxy) is 5. The summed E-state index contributed by atoms with van der Waals surface area (Å²) in [5.74, 6) is -15.5. The van der Waals surface area contributed by atoms with Crippen LogP contribution in [0.3, 0.4) is 0 Å². The molecule has 0 aliphatic rings. The predicted octanol–water partition coefficient (Wildman–Crippen LogP) is 9.80. The average molecular weight is 809 g/mol. The van der Waals surface area contributed by atoms with Crippen molar-refractivity contribution in [1.82, 2.24) is 9.97 Å². The summed E-state index contributed by atoms with van der Waals surface area (Å²) in [7, 11) is 0. The Morgan fingerprint density at radius 3 is 1.66 bits per heavy atom. The molecule has 0 amide bonds. The summed E-state index contributed by atoms with van der Waals surface area (Å²) in [6, 6.07) is 5.36. The minimum atomic E-state index is -7.98. The third kappa shape index (κ3) is 12.6. The van der Waals surface area contributed by atoms with Crippen LogP contribution in [0.5, 0.6) is 11.5 Å². The summed E-state index contributed by atoms with van der Waals surface area (Å²) in [6.07, 6.45) is -32.5. The first-order chi connectivity index (χ1) is 24.2. The fraction of sp³-hybridized carbons (Fsp3) is 0.655.